The first-order chi connectivity index (χ1) is 10.0. The molecule has 0 aliphatic heterocycles. The van der Waals surface area contributed by atoms with Crippen molar-refractivity contribution >= 4 is 11.7 Å². The number of aliphatic hydroxyl groups is 1. The summed E-state index contributed by atoms with van der Waals surface area (Å²) in [5.74, 6) is -1.49. The molecule has 2 aromatic rings. The number of pyridine rings is 1. The van der Waals surface area contributed by atoms with E-state index in [4.69, 9.17) is 10.5 Å². The first-order valence-electron chi connectivity index (χ1n) is 5.96. The normalized spacial score (nSPS) is 11.7. The summed E-state index contributed by atoms with van der Waals surface area (Å²) in [4.78, 5) is 23.2. The number of carboxylic acid groups (broad SMARTS) is 1. The van der Waals surface area contributed by atoms with Gasteiger partial charge in [-0.05, 0) is 25.1 Å². The van der Waals surface area contributed by atoms with Gasteiger partial charge in [0.15, 0.2) is 5.82 Å². The van der Waals surface area contributed by atoms with Gasteiger partial charge in [0.05, 0.1) is 11.4 Å². The third-order valence-corrected chi connectivity index (χ3v) is 2.68. The number of nitrogens with zero attached hydrogens (tertiary/aromatic N) is 3. The summed E-state index contributed by atoms with van der Waals surface area (Å²) in [5.41, 5.74) is -0.0570. The topological polar surface area (TPSA) is 120 Å². The van der Waals surface area contributed by atoms with Crippen molar-refractivity contribution in [3.05, 3.63) is 53.8 Å². The van der Waals surface area contributed by atoms with Crippen molar-refractivity contribution in [2.75, 3.05) is 0 Å². The Bertz CT molecular complexity index is 722. The molecule has 2 rings (SSSR count). The van der Waals surface area contributed by atoms with Crippen molar-refractivity contribution < 1.29 is 15.0 Å². The molecule has 0 radical (unpaired) electrons. The van der Waals surface area contributed by atoms with E-state index in [0.717, 1.165) is 0 Å². The summed E-state index contributed by atoms with van der Waals surface area (Å²) in [6.45, 7) is 1.21. The molecule has 21 heavy (non-hydrogen) atoms. The van der Waals surface area contributed by atoms with Crippen LogP contribution in [0, 0.1) is 5.41 Å². The number of hydrogen-bond acceptors (Lipinski definition) is 6. The van der Waals surface area contributed by atoms with Gasteiger partial charge in [-0.2, -0.15) is 0 Å². The highest BCUT2D eigenvalue weighted by Crippen LogP contribution is 2.15. The van der Waals surface area contributed by atoms with Crippen LogP contribution >= 0.6 is 0 Å². The van der Waals surface area contributed by atoms with Gasteiger partial charge in [0, 0.05) is 24.2 Å². The van der Waals surface area contributed by atoms with Gasteiger partial charge >= 0.3 is 5.97 Å². The van der Waals surface area contributed by atoms with Crippen molar-refractivity contribution in [1.82, 2.24) is 15.0 Å². The van der Waals surface area contributed by atoms with E-state index in [-0.39, 0.29) is 11.4 Å². The summed E-state index contributed by atoms with van der Waals surface area (Å²) in [6, 6.07) is 4.82. The lowest BCUT2D eigenvalue weighted by Crippen LogP contribution is -2.16. The molecule has 2 heterocycles. The lowest BCUT2D eigenvalue weighted by Gasteiger charge is -2.07. The van der Waals surface area contributed by atoms with E-state index >= 15 is 0 Å². The van der Waals surface area contributed by atoms with Crippen molar-refractivity contribution in [2.45, 2.75) is 6.92 Å². The summed E-state index contributed by atoms with van der Waals surface area (Å²) in [5, 5.41) is 26.4. The van der Waals surface area contributed by atoms with Gasteiger partial charge in [-0.3, -0.25) is 10.4 Å². The summed E-state index contributed by atoms with van der Waals surface area (Å²) in [7, 11) is 0. The van der Waals surface area contributed by atoms with Crippen LogP contribution in [-0.4, -0.2) is 36.8 Å². The number of carboxylic acids is 1. The third kappa shape index (κ3) is 3.08. The highest BCUT2D eigenvalue weighted by Gasteiger charge is 2.20. The Balaban J connectivity index is 2.45. The molecular weight excluding hydrogens is 272 g/mol. The second kappa shape index (κ2) is 5.91. The first-order valence-corrected chi connectivity index (χ1v) is 5.96. The molecule has 7 heteroatoms. The van der Waals surface area contributed by atoms with E-state index in [1.54, 1.807) is 24.5 Å². The zero-order chi connectivity index (χ0) is 15.4. The molecule has 7 nitrogen and oxygen atoms in total. The van der Waals surface area contributed by atoms with Crippen LogP contribution in [0.1, 0.15) is 12.6 Å². The molecular formula is C14H12N4O3. The average molecular weight is 284 g/mol. The van der Waals surface area contributed by atoms with Crippen LogP contribution in [0.4, 0.5) is 0 Å². The Kier molecular flexibility index (Phi) is 4.03. The molecule has 0 aromatic carbocycles. The minimum Gasteiger partial charge on any atom is -0.512 e. The van der Waals surface area contributed by atoms with Crippen molar-refractivity contribution in [1.29, 1.82) is 5.41 Å². The number of aliphatic hydroxyl groups excluding tert-OH is 1. The van der Waals surface area contributed by atoms with Gasteiger partial charge in [0.1, 0.15) is 11.3 Å². The minimum atomic E-state index is -1.39. The van der Waals surface area contributed by atoms with Gasteiger partial charge in [-0.1, -0.05) is 0 Å². The molecule has 0 saturated heterocycles. The summed E-state index contributed by atoms with van der Waals surface area (Å²) < 4.78 is 0. The van der Waals surface area contributed by atoms with E-state index in [0.29, 0.717) is 11.4 Å². The van der Waals surface area contributed by atoms with Gasteiger partial charge in [-0.25, -0.2) is 14.8 Å². The number of aromatic nitrogens is 3. The monoisotopic (exact) mass is 284 g/mol. The Morgan fingerprint density at radius 2 is 1.81 bits per heavy atom. The molecule has 0 amide bonds. The highest BCUT2D eigenvalue weighted by atomic mass is 16.4. The second-order valence-electron chi connectivity index (χ2n) is 4.14. The average Bonchev–Trinajstić information content (AvgIpc) is 2.47. The largest absolute Gasteiger partial charge is 0.512 e. The van der Waals surface area contributed by atoms with E-state index in [1.165, 1.54) is 19.2 Å². The van der Waals surface area contributed by atoms with Crippen LogP contribution in [-0.2, 0) is 4.79 Å². The maximum Gasteiger partial charge on any atom is 0.341 e. The number of hydrogen-bond donors (Lipinski definition) is 3. The zero-order valence-corrected chi connectivity index (χ0v) is 11.1. The Morgan fingerprint density at radius 1 is 1.14 bits per heavy atom. The van der Waals surface area contributed by atoms with Gasteiger partial charge < -0.3 is 10.2 Å². The molecule has 2 aromatic heterocycles. The molecule has 0 aliphatic rings. The predicted molar refractivity (Wildman–Crippen MR) is 75.1 cm³/mol. The fourth-order valence-electron chi connectivity index (χ4n) is 1.71. The Labute approximate surface area is 120 Å². The number of rotatable bonds is 4. The zero-order valence-electron chi connectivity index (χ0n) is 11.1. The van der Waals surface area contributed by atoms with E-state index in [9.17, 15) is 9.90 Å². The number of allylic oxidation sites excluding steroid dienone is 1. The first kappa shape index (κ1) is 14.3. The SMILES string of the molecule is CC(O)=C(C(=N)c1ccnc(-c2ccncc2)n1)C(=O)O. The molecule has 0 spiro atoms. The maximum atomic E-state index is 11.1. The molecule has 0 fully saturated rings. The van der Waals surface area contributed by atoms with E-state index < -0.39 is 17.3 Å². The molecule has 0 aliphatic carbocycles. The maximum absolute atomic E-state index is 11.1. The standard InChI is InChI=1S/C14H12N4O3/c1-8(19)11(14(20)21)12(15)10-4-7-17-13(18-10)9-2-5-16-6-3-9/h2-7,15,19H,1H3,(H,20,21). The smallest absolute Gasteiger partial charge is 0.341 e. The number of nitrogens with one attached hydrogen (secondary N) is 1. The number of carbonyl (C=O) groups is 1. The lowest BCUT2D eigenvalue weighted by atomic mass is 10.1. The molecule has 0 unspecified atom stereocenters. The minimum absolute atomic E-state index is 0.114. The third-order valence-electron chi connectivity index (χ3n) is 2.68. The van der Waals surface area contributed by atoms with Gasteiger partial charge in [-0.15, -0.1) is 0 Å². The molecule has 3 N–H and O–H groups in total. The van der Waals surface area contributed by atoms with Crippen LogP contribution in [0.2, 0.25) is 0 Å². The Hall–Kier alpha value is -3.09. The van der Waals surface area contributed by atoms with Crippen molar-refractivity contribution in [2.24, 2.45) is 0 Å². The molecule has 106 valence electrons. The van der Waals surface area contributed by atoms with Crippen LogP contribution in [0.3, 0.4) is 0 Å². The quantitative estimate of drug-likeness (QED) is 0.447. The number of aliphatic carboxylic acids is 1. The van der Waals surface area contributed by atoms with Gasteiger partial charge in [0.25, 0.3) is 0 Å². The van der Waals surface area contributed by atoms with Crippen molar-refractivity contribution in [3.8, 4) is 11.4 Å². The molecule has 0 saturated carbocycles. The van der Waals surface area contributed by atoms with Gasteiger partial charge in [0.2, 0.25) is 0 Å². The van der Waals surface area contributed by atoms with Crippen LogP contribution in [0.25, 0.3) is 11.4 Å². The van der Waals surface area contributed by atoms with E-state index in [2.05, 4.69) is 15.0 Å². The fourth-order valence-corrected chi connectivity index (χ4v) is 1.71. The Morgan fingerprint density at radius 3 is 2.38 bits per heavy atom. The molecule has 0 atom stereocenters. The predicted octanol–water partition coefficient (Wildman–Crippen LogP) is 1.82. The molecule has 0 bridgehead atoms. The van der Waals surface area contributed by atoms with Crippen molar-refractivity contribution in [3.63, 3.8) is 0 Å². The summed E-state index contributed by atoms with van der Waals surface area (Å²) in [6.07, 6.45) is 4.59. The van der Waals surface area contributed by atoms with Crippen LogP contribution in [0.15, 0.2) is 48.1 Å². The van der Waals surface area contributed by atoms with Crippen LogP contribution in [0.5, 0.6) is 0 Å². The summed E-state index contributed by atoms with van der Waals surface area (Å²) >= 11 is 0. The fraction of sp³-hybridized carbons (Fsp3) is 0.0714. The highest BCUT2D eigenvalue weighted by molar-refractivity contribution is 6.24. The van der Waals surface area contributed by atoms with E-state index in [1.807, 2.05) is 0 Å². The lowest BCUT2D eigenvalue weighted by molar-refractivity contribution is -0.132. The second-order valence-corrected chi connectivity index (χ2v) is 4.14. The van der Waals surface area contributed by atoms with Crippen LogP contribution < -0.4 is 0 Å².